The molecule has 122 valence electrons. The molecule has 0 saturated carbocycles. The summed E-state index contributed by atoms with van der Waals surface area (Å²) >= 11 is 3.46. The number of rotatable bonds is 4. The van der Waals surface area contributed by atoms with Gasteiger partial charge in [0.05, 0.1) is 13.2 Å². The molecule has 1 aliphatic heterocycles. The van der Waals surface area contributed by atoms with Crippen LogP contribution in [0.25, 0.3) is 5.69 Å². The standard InChI is InChI=1S/C18H21BrN2O2/c1-13-11-17(18(22)12-20-7-9-23-10-8-20)14(2)21(13)16-5-3-15(19)4-6-16/h3-6,11H,7-10,12H2,1-2H3/p+1. The number of hydrogen-bond donors (Lipinski definition) is 1. The molecule has 2 heterocycles. The van der Waals surface area contributed by atoms with E-state index in [1.807, 2.05) is 32.0 Å². The fraction of sp³-hybridized carbons (Fsp3) is 0.389. The third kappa shape index (κ3) is 3.57. The Morgan fingerprint density at radius 1 is 1.22 bits per heavy atom. The second kappa shape index (κ2) is 6.99. The summed E-state index contributed by atoms with van der Waals surface area (Å²) in [6.07, 6.45) is 0. The molecule has 3 rings (SSSR count). The van der Waals surface area contributed by atoms with E-state index in [0.717, 1.165) is 53.4 Å². The molecule has 1 saturated heterocycles. The van der Waals surface area contributed by atoms with Crippen LogP contribution < -0.4 is 4.90 Å². The summed E-state index contributed by atoms with van der Waals surface area (Å²) in [6.45, 7) is 7.95. The Kier molecular flexibility index (Phi) is 4.99. The molecule has 0 amide bonds. The van der Waals surface area contributed by atoms with Gasteiger partial charge in [0, 0.05) is 27.1 Å². The van der Waals surface area contributed by atoms with Gasteiger partial charge >= 0.3 is 0 Å². The predicted octanol–water partition coefficient (Wildman–Crippen LogP) is 1.95. The van der Waals surface area contributed by atoms with Gasteiger partial charge < -0.3 is 14.2 Å². The highest BCUT2D eigenvalue weighted by Crippen LogP contribution is 2.22. The first kappa shape index (κ1) is 16.4. The number of halogens is 1. The van der Waals surface area contributed by atoms with Crippen molar-refractivity contribution in [2.75, 3.05) is 32.8 Å². The average molecular weight is 378 g/mol. The van der Waals surface area contributed by atoms with Crippen molar-refractivity contribution < 1.29 is 14.4 Å². The largest absolute Gasteiger partial charge is 0.370 e. The lowest BCUT2D eigenvalue weighted by molar-refractivity contribution is -0.899. The third-order valence-electron chi connectivity index (χ3n) is 4.43. The maximum Gasteiger partial charge on any atom is 0.218 e. The molecule has 0 radical (unpaired) electrons. The maximum absolute atomic E-state index is 12.7. The zero-order valence-electron chi connectivity index (χ0n) is 13.6. The van der Waals surface area contributed by atoms with Crippen LogP contribution in [0, 0.1) is 13.8 Å². The van der Waals surface area contributed by atoms with Gasteiger partial charge in [0.25, 0.3) is 0 Å². The van der Waals surface area contributed by atoms with Crippen LogP contribution in [0.2, 0.25) is 0 Å². The molecule has 5 heteroatoms. The van der Waals surface area contributed by atoms with Crippen LogP contribution >= 0.6 is 15.9 Å². The fourth-order valence-corrected chi connectivity index (χ4v) is 3.46. The molecular formula is C18H22BrN2O2+. The summed E-state index contributed by atoms with van der Waals surface area (Å²) in [6, 6.07) is 10.2. The number of aryl methyl sites for hydroxylation is 1. The highest BCUT2D eigenvalue weighted by Gasteiger charge is 2.22. The Balaban J connectivity index is 1.85. The number of carbonyl (C=O) groups excluding carboxylic acids is 1. The van der Waals surface area contributed by atoms with E-state index >= 15 is 0 Å². The summed E-state index contributed by atoms with van der Waals surface area (Å²) < 4.78 is 8.56. The summed E-state index contributed by atoms with van der Waals surface area (Å²) in [5, 5.41) is 0. The van der Waals surface area contributed by atoms with Crippen LogP contribution in [0.4, 0.5) is 0 Å². The topological polar surface area (TPSA) is 35.7 Å². The molecule has 1 aliphatic rings. The SMILES string of the molecule is Cc1cc(C(=O)C[NH+]2CCOCC2)c(C)n1-c1ccc(Br)cc1. The minimum Gasteiger partial charge on any atom is -0.370 e. The Morgan fingerprint density at radius 3 is 2.52 bits per heavy atom. The van der Waals surface area contributed by atoms with Gasteiger partial charge in [-0.1, -0.05) is 15.9 Å². The number of benzene rings is 1. The number of hydrogen-bond acceptors (Lipinski definition) is 2. The van der Waals surface area contributed by atoms with E-state index in [4.69, 9.17) is 4.74 Å². The second-order valence-corrected chi connectivity index (χ2v) is 6.97. The Labute approximate surface area is 145 Å². The van der Waals surface area contributed by atoms with E-state index in [1.165, 1.54) is 4.90 Å². The van der Waals surface area contributed by atoms with Gasteiger partial charge in [-0.3, -0.25) is 4.79 Å². The lowest BCUT2D eigenvalue weighted by atomic mass is 10.1. The molecule has 2 aromatic rings. The van der Waals surface area contributed by atoms with Crippen molar-refractivity contribution in [3.63, 3.8) is 0 Å². The minimum absolute atomic E-state index is 0.221. The molecule has 0 spiro atoms. The van der Waals surface area contributed by atoms with Crippen LogP contribution in [0.3, 0.4) is 0 Å². The number of nitrogens with zero attached hydrogens (tertiary/aromatic N) is 1. The van der Waals surface area contributed by atoms with E-state index in [1.54, 1.807) is 0 Å². The normalized spacial score (nSPS) is 15.8. The first-order valence-electron chi connectivity index (χ1n) is 7.95. The molecule has 0 bridgehead atoms. The molecular weight excluding hydrogens is 356 g/mol. The number of quaternary nitrogens is 1. The quantitative estimate of drug-likeness (QED) is 0.826. The van der Waals surface area contributed by atoms with Gasteiger partial charge in [-0.05, 0) is 44.2 Å². The van der Waals surface area contributed by atoms with Crippen molar-refractivity contribution >= 4 is 21.7 Å². The van der Waals surface area contributed by atoms with Gasteiger partial charge in [-0.25, -0.2) is 0 Å². The Morgan fingerprint density at radius 2 is 1.87 bits per heavy atom. The zero-order chi connectivity index (χ0) is 16.4. The monoisotopic (exact) mass is 377 g/mol. The number of ketones is 1. The smallest absolute Gasteiger partial charge is 0.218 e. The van der Waals surface area contributed by atoms with Crippen LogP contribution in [0.15, 0.2) is 34.8 Å². The molecule has 1 N–H and O–H groups in total. The summed E-state index contributed by atoms with van der Waals surface area (Å²) in [5.74, 6) is 0.221. The Hall–Kier alpha value is -1.43. The third-order valence-corrected chi connectivity index (χ3v) is 4.96. The van der Waals surface area contributed by atoms with Crippen LogP contribution in [-0.2, 0) is 4.74 Å². The van der Waals surface area contributed by atoms with Crippen molar-refractivity contribution in [3.8, 4) is 5.69 Å². The first-order valence-corrected chi connectivity index (χ1v) is 8.75. The van der Waals surface area contributed by atoms with Crippen molar-refractivity contribution in [1.29, 1.82) is 0 Å². The maximum atomic E-state index is 12.7. The summed E-state index contributed by atoms with van der Waals surface area (Å²) in [4.78, 5) is 14.0. The first-order chi connectivity index (χ1) is 11.1. The van der Waals surface area contributed by atoms with E-state index in [9.17, 15) is 4.79 Å². The Bertz CT molecular complexity index is 701. The van der Waals surface area contributed by atoms with E-state index in [2.05, 4.69) is 32.6 Å². The minimum atomic E-state index is 0.221. The number of aromatic nitrogens is 1. The molecule has 0 unspecified atom stereocenters. The number of ether oxygens (including phenoxy) is 1. The second-order valence-electron chi connectivity index (χ2n) is 6.06. The number of Topliss-reactive ketones (excluding diaryl/α,β-unsaturated/α-hetero) is 1. The number of nitrogens with one attached hydrogen (secondary N) is 1. The molecule has 1 aromatic carbocycles. The molecule has 1 aromatic heterocycles. The average Bonchev–Trinajstić information content (AvgIpc) is 2.84. The number of carbonyl (C=O) groups is 1. The van der Waals surface area contributed by atoms with Crippen LogP contribution in [0.5, 0.6) is 0 Å². The van der Waals surface area contributed by atoms with Crippen molar-refractivity contribution in [3.05, 3.63) is 51.8 Å². The van der Waals surface area contributed by atoms with Gasteiger partial charge in [0.2, 0.25) is 5.78 Å². The van der Waals surface area contributed by atoms with Gasteiger partial charge in [0.15, 0.2) is 0 Å². The lowest BCUT2D eigenvalue weighted by Crippen LogP contribution is -3.14. The summed E-state index contributed by atoms with van der Waals surface area (Å²) in [7, 11) is 0. The van der Waals surface area contributed by atoms with Crippen molar-refractivity contribution in [2.45, 2.75) is 13.8 Å². The zero-order valence-corrected chi connectivity index (χ0v) is 15.1. The molecule has 4 nitrogen and oxygen atoms in total. The van der Waals surface area contributed by atoms with Crippen molar-refractivity contribution in [1.82, 2.24) is 4.57 Å². The molecule has 1 fully saturated rings. The van der Waals surface area contributed by atoms with Crippen molar-refractivity contribution in [2.24, 2.45) is 0 Å². The fourth-order valence-electron chi connectivity index (χ4n) is 3.19. The van der Waals surface area contributed by atoms with E-state index in [0.29, 0.717) is 6.54 Å². The highest BCUT2D eigenvalue weighted by molar-refractivity contribution is 9.10. The highest BCUT2D eigenvalue weighted by atomic mass is 79.9. The lowest BCUT2D eigenvalue weighted by Gasteiger charge is -2.22. The van der Waals surface area contributed by atoms with Crippen LogP contribution in [0.1, 0.15) is 21.7 Å². The predicted molar refractivity (Wildman–Crippen MR) is 93.7 cm³/mol. The van der Waals surface area contributed by atoms with E-state index in [-0.39, 0.29) is 5.78 Å². The van der Waals surface area contributed by atoms with Gasteiger partial charge in [-0.15, -0.1) is 0 Å². The van der Waals surface area contributed by atoms with Gasteiger partial charge in [0.1, 0.15) is 19.6 Å². The molecule has 23 heavy (non-hydrogen) atoms. The molecule has 0 aliphatic carbocycles. The van der Waals surface area contributed by atoms with E-state index < -0.39 is 0 Å². The van der Waals surface area contributed by atoms with Crippen LogP contribution in [-0.4, -0.2) is 43.2 Å². The van der Waals surface area contributed by atoms with Gasteiger partial charge in [-0.2, -0.15) is 0 Å². The molecule has 0 atom stereocenters. The summed E-state index contributed by atoms with van der Waals surface area (Å²) in [5.41, 5.74) is 4.03. The number of morpholine rings is 1.